The summed E-state index contributed by atoms with van der Waals surface area (Å²) in [6.07, 6.45) is 10.1. The maximum atomic E-state index is 2.47. The van der Waals surface area contributed by atoms with E-state index in [0.29, 0.717) is 17.3 Å². The Hall–Kier alpha value is -2.22. The van der Waals surface area contributed by atoms with Gasteiger partial charge in [-0.05, 0) is 95.8 Å². The van der Waals surface area contributed by atoms with Crippen LogP contribution in [-0.4, -0.2) is 5.43 Å². The SMILES string of the molecule is CCC(C)c1cc2c(-c3ccc(C(C)C)cc3)cccc2[cH-]1.C[Si](C)=[Zr+2].Cc1cc2c(-c3ccc(C45CC6CC(CC(C6)C4)C5)cc3)cccc2[cH-]1.[Cl-].[Cl-]. The van der Waals surface area contributed by atoms with E-state index >= 15 is 0 Å². The molecule has 4 heteroatoms. The van der Waals surface area contributed by atoms with E-state index in [1.54, 1.807) is 28.9 Å². The molecule has 4 aliphatic rings. The van der Waals surface area contributed by atoms with Crippen molar-refractivity contribution in [3.05, 3.63) is 131 Å². The summed E-state index contributed by atoms with van der Waals surface area (Å²) in [5, 5.41) is 5.51. The van der Waals surface area contributed by atoms with Crippen LogP contribution in [0.3, 0.4) is 0 Å². The Morgan fingerprint density at radius 1 is 0.685 bits per heavy atom. The summed E-state index contributed by atoms with van der Waals surface area (Å²) in [7, 11) is 0. The molecule has 0 aliphatic heterocycles. The van der Waals surface area contributed by atoms with Crippen LogP contribution < -0.4 is 24.8 Å². The van der Waals surface area contributed by atoms with Crippen molar-refractivity contribution in [1.29, 1.82) is 0 Å². The van der Waals surface area contributed by atoms with E-state index in [-0.39, 0.29) is 30.2 Å². The van der Waals surface area contributed by atoms with Crippen LogP contribution in [-0.2, 0) is 28.8 Å². The van der Waals surface area contributed by atoms with E-state index in [9.17, 15) is 0 Å². The van der Waals surface area contributed by atoms with E-state index in [1.165, 1.54) is 105 Å². The van der Waals surface area contributed by atoms with Gasteiger partial charge in [-0.1, -0.05) is 113 Å². The molecule has 0 spiro atoms. The fourth-order valence-corrected chi connectivity index (χ4v) is 10.2. The number of rotatable bonds is 6. The third kappa shape index (κ3) is 9.31. The predicted molar refractivity (Wildman–Crippen MR) is 225 cm³/mol. The van der Waals surface area contributed by atoms with Gasteiger partial charge in [0.05, 0.1) is 0 Å². The first-order chi connectivity index (χ1) is 25.0. The number of hydrogen-bond acceptors (Lipinski definition) is 0. The van der Waals surface area contributed by atoms with Gasteiger partial charge in [-0.15, -0.1) is 69.1 Å². The van der Waals surface area contributed by atoms with Crippen LogP contribution in [0.4, 0.5) is 0 Å². The maximum absolute atomic E-state index is 2.47. The summed E-state index contributed by atoms with van der Waals surface area (Å²) in [6.45, 7) is 15.9. The number of halogens is 2. The minimum Gasteiger partial charge on any atom is -1.00 e. The quantitative estimate of drug-likeness (QED) is 0.116. The van der Waals surface area contributed by atoms with Gasteiger partial charge in [0.1, 0.15) is 0 Å². The molecular formula is C50H58Cl2SiZr-2. The zero-order valence-corrected chi connectivity index (χ0v) is 38.5. The predicted octanol–water partition coefficient (Wildman–Crippen LogP) is 8.66. The second kappa shape index (κ2) is 18.4. The van der Waals surface area contributed by atoms with E-state index < -0.39 is 0 Å². The molecule has 10 rings (SSSR count). The Morgan fingerprint density at radius 3 is 1.63 bits per heavy atom. The standard InChI is InChI=1S/C26H27.C22H25.C2H6Si.2ClH.Zr/c1-17-9-22-3-2-4-24(25(22)10-17)21-5-7-23(8-6-21)26-14-18-11-19(15-26)13-20(12-18)16-26;1-5-16(4)20-13-19-7-6-8-21(22(19)14-20)18-11-9-17(10-12-18)15(2)3;1-3-2;;;/h2-10,18-20H,11-16H2,1H3;6-16H,5H2,1-4H3;1-2H3;2*1H;/q2*-1;;;;+2/p-2. The largest absolute Gasteiger partial charge is 1.00 e. The first kappa shape index (κ1) is 42.9. The maximum Gasteiger partial charge on any atom is -0.00391 e. The Morgan fingerprint density at radius 2 is 1.15 bits per heavy atom. The smallest absolute Gasteiger partial charge is 0.00391 e. The van der Waals surface area contributed by atoms with Crippen molar-refractivity contribution in [2.45, 2.75) is 110 Å². The molecule has 4 fully saturated rings. The Balaban J connectivity index is 0.000000185. The summed E-state index contributed by atoms with van der Waals surface area (Å²) in [5.74, 6) is 4.26. The van der Waals surface area contributed by atoms with Crippen LogP contribution in [0.2, 0.25) is 13.1 Å². The van der Waals surface area contributed by atoms with Crippen LogP contribution >= 0.6 is 0 Å². The molecule has 4 saturated carbocycles. The molecule has 0 N–H and O–H groups in total. The fraction of sp³-hybridized carbons (Fsp3) is 0.400. The first-order valence-corrected chi connectivity index (χ1v) is 26.3. The van der Waals surface area contributed by atoms with Gasteiger partial charge in [0.15, 0.2) is 0 Å². The number of fused-ring (bicyclic) bond motifs is 2. The molecule has 4 aliphatic carbocycles. The van der Waals surface area contributed by atoms with Gasteiger partial charge in [-0.2, -0.15) is 12.1 Å². The van der Waals surface area contributed by atoms with Gasteiger partial charge < -0.3 is 24.8 Å². The van der Waals surface area contributed by atoms with Crippen molar-refractivity contribution in [1.82, 2.24) is 0 Å². The summed E-state index contributed by atoms with van der Waals surface area (Å²) in [4.78, 5) is 0. The number of benzene rings is 4. The molecule has 0 nitrogen and oxygen atoms in total. The summed E-state index contributed by atoms with van der Waals surface area (Å²) in [6, 6.07) is 41.5. The van der Waals surface area contributed by atoms with E-state index in [2.05, 4.69) is 157 Å². The fourth-order valence-electron chi connectivity index (χ4n) is 10.2. The second-order valence-electron chi connectivity index (χ2n) is 17.3. The van der Waals surface area contributed by atoms with Gasteiger partial charge in [-0.3, -0.25) is 0 Å². The van der Waals surface area contributed by atoms with Crippen molar-refractivity contribution in [2.24, 2.45) is 17.8 Å². The van der Waals surface area contributed by atoms with E-state index in [1.807, 2.05) is 0 Å². The van der Waals surface area contributed by atoms with Crippen molar-refractivity contribution in [2.75, 3.05) is 0 Å². The van der Waals surface area contributed by atoms with Gasteiger partial charge in [-0.25, -0.2) is 0 Å². The molecule has 0 saturated heterocycles. The molecule has 6 aromatic carbocycles. The molecule has 1 unspecified atom stereocenters. The molecule has 1 atom stereocenters. The molecule has 6 aromatic rings. The molecule has 0 amide bonds. The van der Waals surface area contributed by atoms with Crippen molar-refractivity contribution in [3.63, 3.8) is 0 Å². The van der Waals surface area contributed by atoms with E-state index in [4.69, 9.17) is 0 Å². The number of hydrogen-bond donors (Lipinski definition) is 0. The summed E-state index contributed by atoms with van der Waals surface area (Å²) < 4.78 is 0. The minimum atomic E-state index is 0. The number of aryl methyl sites for hydroxylation is 1. The van der Waals surface area contributed by atoms with Gasteiger partial charge in [0, 0.05) is 0 Å². The van der Waals surface area contributed by atoms with Crippen molar-refractivity contribution >= 4 is 27.0 Å². The van der Waals surface area contributed by atoms with Gasteiger partial charge in [0.25, 0.3) is 0 Å². The molecule has 0 heterocycles. The first-order valence-electron chi connectivity index (χ1n) is 20.1. The van der Waals surface area contributed by atoms with Crippen molar-refractivity contribution < 1.29 is 48.1 Å². The van der Waals surface area contributed by atoms with Gasteiger partial charge in [0.2, 0.25) is 0 Å². The average molecular weight is 849 g/mol. The molecular weight excluding hydrogens is 791 g/mol. The zero-order chi connectivity index (χ0) is 36.6. The Labute approximate surface area is 353 Å². The third-order valence-corrected chi connectivity index (χ3v) is 12.6. The average Bonchev–Trinajstić information content (AvgIpc) is 3.74. The summed E-state index contributed by atoms with van der Waals surface area (Å²) in [5.41, 5.74) is 12.0. The Kier molecular flexibility index (Phi) is 14.6. The van der Waals surface area contributed by atoms with Crippen LogP contribution in [0.15, 0.2) is 109 Å². The normalized spacial score (nSPS) is 21.4. The van der Waals surface area contributed by atoms with Crippen LogP contribution in [0.1, 0.15) is 107 Å². The third-order valence-electron chi connectivity index (χ3n) is 12.6. The summed E-state index contributed by atoms with van der Waals surface area (Å²) >= 11 is 1.74. The molecule has 0 aromatic heterocycles. The van der Waals surface area contributed by atoms with Crippen LogP contribution in [0, 0.1) is 24.7 Å². The van der Waals surface area contributed by atoms with Gasteiger partial charge >= 0.3 is 41.9 Å². The van der Waals surface area contributed by atoms with E-state index in [0.717, 1.165) is 17.8 Å². The second-order valence-corrected chi connectivity index (χ2v) is 26.7. The van der Waals surface area contributed by atoms with Crippen LogP contribution in [0.25, 0.3) is 43.8 Å². The molecule has 282 valence electrons. The molecule has 4 bridgehead atoms. The van der Waals surface area contributed by atoms with Crippen LogP contribution in [0.5, 0.6) is 0 Å². The monoisotopic (exact) mass is 846 g/mol. The van der Waals surface area contributed by atoms with Crippen molar-refractivity contribution in [3.8, 4) is 22.3 Å². The molecule has 0 radical (unpaired) electrons. The minimum absolute atomic E-state index is 0. The molecule has 54 heavy (non-hydrogen) atoms. The zero-order valence-electron chi connectivity index (χ0n) is 33.5. The topological polar surface area (TPSA) is 0 Å². The Bertz CT molecular complexity index is 2110.